The van der Waals surface area contributed by atoms with Gasteiger partial charge in [-0.05, 0) is 59.3 Å². The largest absolute Gasteiger partial charge is 0.508 e. The zero-order valence-electron chi connectivity index (χ0n) is 15.8. The number of phenols is 1. The van der Waals surface area contributed by atoms with Crippen molar-refractivity contribution in [2.24, 2.45) is 0 Å². The molecule has 0 spiro atoms. The van der Waals surface area contributed by atoms with Gasteiger partial charge in [0, 0.05) is 30.6 Å². The number of nitrogens with zero attached hydrogens (tertiary/aromatic N) is 1. The van der Waals surface area contributed by atoms with Gasteiger partial charge in [-0.15, -0.1) is 0 Å². The van der Waals surface area contributed by atoms with E-state index in [1.807, 2.05) is 19.2 Å². The Labute approximate surface area is 162 Å². The van der Waals surface area contributed by atoms with Crippen LogP contribution in [0.25, 0.3) is 21.7 Å². The standard InChI is InChI=1S/C23H21NO4/c1-24(13-15-3-4-17-10-20(27-2)7-5-16(17)9-15)14-18-11-23(26)28-22-12-19(25)6-8-21(18)22/h3-12,25H,13-14H2,1-2H3. The molecule has 0 amide bonds. The lowest BCUT2D eigenvalue weighted by Gasteiger charge is -2.18. The Bertz CT molecular complexity index is 1210. The van der Waals surface area contributed by atoms with Gasteiger partial charge >= 0.3 is 5.63 Å². The zero-order valence-corrected chi connectivity index (χ0v) is 15.8. The average molecular weight is 375 g/mol. The number of rotatable bonds is 5. The zero-order chi connectivity index (χ0) is 19.7. The Kier molecular flexibility index (Phi) is 4.75. The van der Waals surface area contributed by atoms with Crippen LogP contribution in [0.4, 0.5) is 0 Å². The molecule has 4 rings (SSSR count). The normalized spacial score (nSPS) is 11.4. The molecule has 0 aliphatic rings. The number of benzene rings is 3. The Hall–Kier alpha value is -3.31. The first-order valence-corrected chi connectivity index (χ1v) is 9.03. The molecule has 0 aliphatic heterocycles. The molecule has 0 unspecified atom stereocenters. The minimum absolute atomic E-state index is 0.0777. The van der Waals surface area contributed by atoms with Crippen LogP contribution < -0.4 is 10.4 Å². The smallest absolute Gasteiger partial charge is 0.336 e. The molecule has 142 valence electrons. The third kappa shape index (κ3) is 3.70. The fourth-order valence-electron chi connectivity index (χ4n) is 3.51. The predicted octanol–water partition coefficient (Wildman–Crippen LogP) is 4.29. The van der Waals surface area contributed by atoms with Crippen molar-refractivity contribution in [1.29, 1.82) is 0 Å². The van der Waals surface area contributed by atoms with Crippen molar-refractivity contribution >= 4 is 21.7 Å². The Morgan fingerprint density at radius 3 is 2.57 bits per heavy atom. The molecule has 0 atom stereocenters. The molecule has 0 bridgehead atoms. The summed E-state index contributed by atoms with van der Waals surface area (Å²) in [6.07, 6.45) is 0. The van der Waals surface area contributed by atoms with Crippen LogP contribution in [0.2, 0.25) is 0 Å². The molecule has 1 heterocycles. The van der Waals surface area contributed by atoms with Crippen LogP contribution in [0.3, 0.4) is 0 Å². The van der Waals surface area contributed by atoms with Gasteiger partial charge in [0.25, 0.3) is 0 Å². The van der Waals surface area contributed by atoms with Crippen molar-refractivity contribution in [3.63, 3.8) is 0 Å². The second kappa shape index (κ2) is 7.37. The lowest BCUT2D eigenvalue weighted by molar-refractivity contribution is 0.319. The number of aromatic hydroxyl groups is 1. The van der Waals surface area contributed by atoms with Crippen molar-refractivity contribution in [1.82, 2.24) is 4.90 Å². The monoisotopic (exact) mass is 375 g/mol. The molecule has 0 radical (unpaired) electrons. The van der Waals surface area contributed by atoms with Crippen LogP contribution >= 0.6 is 0 Å². The summed E-state index contributed by atoms with van der Waals surface area (Å²) in [6.45, 7) is 1.33. The molecular formula is C23H21NO4. The number of methoxy groups -OCH3 is 1. The lowest BCUT2D eigenvalue weighted by Crippen LogP contribution is -2.18. The van der Waals surface area contributed by atoms with E-state index in [-0.39, 0.29) is 5.75 Å². The molecule has 5 heteroatoms. The number of ether oxygens (including phenoxy) is 1. The van der Waals surface area contributed by atoms with Crippen LogP contribution in [-0.2, 0) is 13.1 Å². The van der Waals surface area contributed by atoms with Gasteiger partial charge in [-0.1, -0.05) is 18.2 Å². The van der Waals surface area contributed by atoms with Gasteiger partial charge in [-0.25, -0.2) is 4.79 Å². The van der Waals surface area contributed by atoms with E-state index in [4.69, 9.17) is 9.15 Å². The summed E-state index contributed by atoms with van der Waals surface area (Å²) in [4.78, 5) is 14.0. The summed E-state index contributed by atoms with van der Waals surface area (Å²) >= 11 is 0. The third-order valence-electron chi connectivity index (χ3n) is 4.82. The first kappa shape index (κ1) is 18.1. The van der Waals surface area contributed by atoms with Crippen molar-refractivity contribution in [2.45, 2.75) is 13.1 Å². The molecule has 0 aliphatic carbocycles. The first-order valence-electron chi connectivity index (χ1n) is 9.03. The van der Waals surface area contributed by atoms with E-state index in [0.717, 1.165) is 34.0 Å². The van der Waals surface area contributed by atoms with Gasteiger partial charge in [0.1, 0.15) is 17.1 Å². The number of phenolic OH excluding ortho intramolecular Hbond substituents is 1. The average Bonchev–Trinajstić information content (AvgIpc) is 2.67. The summed E-state index contributed by atoms with van der Waals surface area (Å²) < 4.78 is 10.5. The van der Waals surface area contributed by atoms with Gasteiger partial charge < -0.3 is 14.3 Å². The second-order valence-corrected chi connectivity index (χ2v) is 6.99. The van der Waals surface area contributed by atoms with Gasteiger partial charge in [-0.2, -0.15) is 0 Å². The van der Waals surface area contributed by atoms with Crippen molar-refractivity contribution in [3.05, 3.63) is 82.2 Å². The number of hydrogen-bond acceptors (Lipinski definition) is 5. The highest BCUT2D eigenvalue weighted by molar-refractivity contribution is 5.84. The molecule has 1 aromatic heterocycles. The van der Waals surface area contributed by atoms with Crippen LogP contribution in [0, 0.1) is 0 Å². The Balaban J connectivity index is 1.58. The molecule has 5 nitrogen and oxygen atoms in total. The van der Waals surface area contributed by atoms with Crippen LogP contribution in [-0.4, -0.2) is 24.2 Å². The Morgan fingerprint density at radius 2 is 1.75 bits per heavy atom. The highest BCUT2D eigenvalue weighted by Crippen LogP contribution is 2.24. The van der Waals surface area contributed by atoms with E-state index >= 15 is 0 Å². The summed E-state index contributed by atoms with van der Waals surface area (Å²) in [5, 5.41) is 12.8. The molecule has 1 N–H and O–H groups in total. The molecule has 0 saturated heterocycles. The maximum absolute atomic E-state index is 11.9. The summed E-state index contributed by atoms with van der Waals surface area (Å²) in [5.41, 5.74) is 2.04. The number of fused-ring (bicyclic) bond motifs is 2. The second-order valence-electron chi connectivity index (χ2n) is 6.99. The summed E-state index contributed by atoms with van der Waals surface area (Å²) in [7, 11) is 3.68. The molecule has 4 aromatic rings. The van der Waals surface area contributed by atoms with Crippen molar-refractivity contribution in [3.8, 4) is 11.5 Å². The highest BCUT2D eigenvalue weighted by Gasteiger charge is 2.10. The van der Waals surface area contributed by atoms with Crippen molar-refractivity contribution < 1.29 is 14.3 Å². The van der Waals surface area contributed by atoms with Crippen molar-refractivity contribution in [2.75, 3.05) is 14.2 Å². The highest BCUT2D eigenvalue weighted by atomic mass is 16.5. The van der Waals surface area contributed by atoms with Gasteiger partial charge in [0.2, 0.25) is 0 Å². The van der Waals surface area contributed by atoms with Crippen LogP contribution in [0.5, 0.6) is 11.5 Å². The lowest BCUT2D eigenvalue weighted by atomic mass is 10.1. The molecular weight excluding hydrogens is 354 g/mol. The fraction of sp³-hybridized carbons (Fsp3) is 0.174. The van der Waals surface area contributed by atoms with E-state index in [0.29, 0.717) is 12.1 Å². The minimum Gasteiger partial charge on any atom is -0.508 e. The van der Waals surface area contributed by atoms with E-state index in [1.54, 1.807) is 19.2 Å². The fourth-order valence-corrected chi connectivity index (χ4v) is 3.51. The third-order valence-corrected chi connectivity index (χ3v) is 4.82. The SMILES string of the molecule is COc1ccc2cc(CN(C)Cc3cc(=O)oc4cc(O)ccc34)ccc2c1. The van der Waals surface area contributed by atoms with Gasteiger partial charge in [-0.3, -0.25) is 4.90 Å². The summed E-state index contributed by atoms with van der Waals surface area (Å²) in [5.74, 6) is 0.923. The van der Waals surface area contributed by atoms with Crippen LogP contribution in [0.15, 0.2) is 69.9 Å². The summed E-state index contributed by atoms with van der Waals surface area (Å²) in [6, 6.07) is 18.8. The van der Waals surface area contributed by atoms with E-state index in [2.05, 4.69) is 29.2 Å². The predicted molar refractivity (Wildman–Crippen MR) is 110 cm³/mol. The molecule has 0 fully saturated rings. The molecule has 28 heavy (non-hydrogen) atoms. The maximum Gasteiger partial charge on any atom is 0.336 e. The quantitative estimate of drug-likeness (QED) is 0.527. The Morgan fingerprint density at radius 1 is 0.964 bits per heavy atom. The van der Waals surface area contributed by atoms with E-state index < -0.39 is 5.63 Å². The van der Waals surface area contributed by atoms with E-state index in [1.165, 1.54) is 17.7 Å². The topological polar surface area (TPSA) is 62.9 Å². The van der Waals surface area contributed by atoms with E-state index in [9.17, 15) is 9.90 Å². The number of hydrogen-bond donors (Lipinski definition) is 1. The van der Waals surface area contributed by atoms with Crippen LogP contribution in [0.1, 0.15) is 11.1 Å². The van der Waals surface area contributed by atoms with Gasteiger partial charge in [0.05, 0.1) is 7.11 Å². The molecule has 3 aromatic carbocycles. The van der Waals surface area contributed by atoms with Gasteiger partial charge in [0.15, 0.2) is 0 Å². The molecule has 0 saturated carbocycles. The first-order chi connectivity index (χ1) is 13.5. The minimum atomic E-state index is -0.416. The maximum atomic E-state index is 11.9.